The van der Waals surface area contributed by atoms with Crippen LogP contribution in [0, 0.1) is 18.6 Å². The highest BCUT2D eigenvalue weighted by molar-refractivity contribution is 7.80. The summed E-state index contributed by atoms with van der Waals surface area (Å²) in [6.07, 6.45) is 1.27. The zero-order chi connectivity index (χ0) is 20.1. The van der Waals surface area contributed by atoms with E-state index >= 15 is 0 Å². The minimum absolute atomic E-state index is 0.00874. The summed E-state index contributed by atoms with van der Waals surface area (Å²) in [5.74, 6) is -1.22. The SMILES string of the molecule is Cc1ccc(CN2CCN(c3c(F)cc(C=NNC(N)=S)cc3F)CC2)cc1. The van der Waals surface area contributed by atoms with Crippen molar-refractivity contribution < 1.29 is 8.78 Å². The minimum atomic E-state index is -0.608. The second-order valence-electron chi connectivity index (χ2n) is 6.82. The fraction of sp³-hybridized carbons (Fsp3) is 0.300. The third-order valence-electron chi connectivity index (χ3n) is 4.64. The Morgan fingerprint density at radius 3 is 2.32 bits per heavy atom. The van der Waals surface area contributed by atoms with Crippen LogP contribution in [0.3, 0.4) is 0 Å². The van der Waals surface area contributed by atoms with Gasteiger partial charge in [0.15, 0.2) is 5.11 Å². The molecule has 0 aromatic heterocycles. The molecule has 1 aliphatic rings. The molecule has 2 aromatic carbocycles. The Labute approximate surface area is 168 Å². The normalized spacial score (nSPS) is 15.2. The lowest BCUT2D eigenvalue weighted by molar-refractivity contribution is 0.248. The van der Waals surface area contributed by atoms with Crippen molar-refractivity contribution in [3.05, 3.63) is 64.7 Å². The summed E-state index contributed by atoms with van der Waals surface area (Å²) in [5.41, 5.74) is 10.4. The average molecular weight is 404 g/mol. The van der Waals surface area contributed by atoms with Crippen molar-refractivity contribution >= 4 is 29.2 Å². The van der Waals surface area contributed by atoms with Gasteiger partial charge in [0.25, 0.3) is 0 Å². The number of piperazine rings is 1. The Balaban J connectivity index is 1.62. The van der Waals surface area contributed by atoms with E-state index in [1.54, 1.807) is 4.90 Å². The molecule has 0 atom stereocenters. The predicted octanol–water partition coefficient (Wildman–Crippen LogP) is 2.76. The number of aryl methyl sites for hydroxylation is 1. The zero-order valence-electron chi connectivity index (χ0n) is 15.7. The van der Waals surface area contributed by atoms with Crippen LogP contribution in [0.5, 0.6) is 0 Å². The van der Waals surface area contributed by atoms with Gasteiger partial charge in [-0.05, 0) is 36.8 Å². The van der Waals surface area contributed by atoms with E-state index < -0.39 is 11.6 Å². The van der Waals surface area contributed by atoms with Crippen LogP contribution in [0.4, 0.5) is 14.5 Å². The number of rotatable bonds is 5. The van der Waals surface area contributed by atoms with Gasteiger partial charge >= 0.3 is 0 Å². The third kappa shape index (κ3) is 5.24. The summed E-state index contributed by atoms with van der Waals surface area (Å²) in [7, 11) is 0. The monoisotopic (exact) mass is 403 g/mol. The third-order valence-corrected chi connectivity index (χ3v) is 4.73. The molecule has 0 radical (unpaired) electrons. The number of hydrazone groups is 1. The van der Waals surface area contributed by atoms with Crippen LogP contribution in [0.1, 0.15) is 16.7 Å². The van der Waals surface area contributed by atoms with Gasteiger partial charge in [-0.3, -0.25) is 10.3 Å². The van der Waals surface area contributed by atoms with E-state index in [0.717, 1.165) is 19.6 Å². The Hall–Kier alpha value is -2.58. The predicted molar refractivity (Wildman–Crippen MR) is 113 cm³/mol. The summed E-state index contributed by atoms with van der Waals surface area (Å²) in [4.78, 5) is 4.05. The molecule has 0 saturated carbocycles. The number of benzene rings is 2. The van der Waals surface area contributed by atoms with Crippen LogP contribution < -0.4 is 16.1 Å². The summed E-state index contributed by atoms with van der Waals surface area (Å²) in [5, 5.41) is 3.71. The first kappa shape index (κ1) is 20.2. The highest BCUT2D eigenvalue weighted by Gasteiger charge is 2.23. The van der Waals surface area contributed by atoms with Crippen molar-refractivity contribution in [2.75, 3.05) is 31.1 Å². The molecule has 3 N–H and O–H groups in total. The Morgan fingerprint density at radius 1 is 1.14 bits per heavy atom. The van der Waals surface area contributed by atoms with Gasteiger partial charge in [-0.15, -0.1) is 0 Å². The highest BCUT2D eigenvalue weighted by Crippen LogP contribution is 2.26. The first-order valence-electron chi connectivity index (χ1n) is 9.03. The molecule has 1 fully saturated rings. The Morgan fingerprint density at radius 2 is 1.75 bits per heavy atom. The molecule has 1 aliphatic heterocycles. The molecule has 5 nitrogen and oxygen atoms in total. The van der Waals surface area contributed by atoms with Crippen LogP contribution in [-0.2, 0) is 6.54 Å². The zero-order valence-corrected chi connectivity index (χ0v) is 16.5. The lowest BCUT2D eigenvalue weighted by Crippen LogP contribution is -2.46. The number of thiocarbonyl (C=S) groups is 1. The molecule has 1 saturated heterocycles. The average Bonchev–Trinajstić information content (AvgIpc) is 2.64. The van der Waals surface area contributed by atoms with Crippen molar-refractivity contribution in [1.29, 1.82) is 0 Å². The fourth-order valence-electron chi connectivity index (χ4n) is 3.21. The van der Waals surface area contributed by atoms with Crippen LogP contribution in [0.2, 0.25) is 0 Å². The first-order chi connectivity index (χ1) is 13.4. The maximum absolute atomic E-state index is 14.5. The second kappa shape index (κ2) is 9.07. The van der Waals surface area contributed by atoms with Gasteiger partial charge in [0.1, 0.15) is 17.3 Å². The van der Waals surface area contributed by atoms with Gasteiger partial charge in [-0.1, -0.05) is 29.8 Å². The summed E-state index contributed by atoms with van der Waals surface area (Å²) in [6.45, 7) is 5.52. The summed E-state index contributed by atoms with van der Waals surface area (Å²) >= 11 is 4.62. The van der Waals surface area contributed by atoms with Crippen molar-refractivity contribution in [2.45, 2.75) is 13.5 Å². The smallest absolute Gasteiger partial charge is 0.184 e. The van der Waals surface area contributed by atoms with E-state index in [1.807, 2.05) is 0 Å². The van der Waals surface area contributed by atoms with Crippen molar-refractivity contribution in [2.24, 2.45) is 10.8 Å². The minimum Gasteiger partial charge on any atom is -0.375 e. The van der Waals surface area contributed by atoms with E-state index in [2.05, 4.69) is 58.8 Å². The number of halogens is 2. The van der Waals surface area contributed by atoms with E-state index in [1.165, 1.54) is 29.5 Å². The molecule has 0 bridgehead atoms. The molecule has 8 heteroatoms. The number of nitrogens with one attached hydrogen (secondary N) is 1. The number of nitrogens with zero attached hydrogens (tertiary/aromatic N) is 3. The maximum atomic E-state index is 14.5. The Bertz CT molecular complexity index is 838. The second-order valence-corrected chi connectivity index (χ2v) is 7.26. The quantitative estimate of drug-likeness (QED) is 0.457. The number of nitrogens with two attached hydrogens (primary N) is 1. The number of hydrogen-bond donors (Lipinski definition) is 2. The largest absolute Gasteiger partial charge is 0.375 e. The molecule has 28 heavy (non-hydrogen) atoms. The topological polar surface area (TPSA) is 56.9 Å². The van der Waals surface area contributed by atoms with Gasteiger partial charge in [-0.25, -0.2) is 8.78 Å². The molecule has 1 heterocycles. The van der Waals surface area contributed by atoms with Gasteiger partial charge in [0, 0.05) is 38.3 Å². The van der Waals surface area contributed by atoms with E-state index in [4.69, 9.17) is 5.73 Å². The Kier molecular flexibility index (Phi) is 6.53. The molecule has 0 amide bonds. The molecule has 3 rings (SSSR count). The fourth-order valence-corrected chi connectivity index (χ4v) is 3.27. The molecule has 0 aliphatic carbocycles. The molecular formula is C20H23F2N5S. The lowest BCUT2D eigenvalue weighted by Gasteiger charge is -2.36. The summed E-state index contributed by atoms with van der Waals surface area (Å²) in [6, 6.07) is 10.9. The van der Waals surface area contributed by atoms with E-state index in [9.17, 15) is 8.78 Å². The van der Waals surface area contributed by atoms with Crippen molar-refractivity contribution in [3.8, 4) is 0 Å². The van der Waals surface area contributed by atoms with Crippen LogP contribution in [0.15, 0.2) is 41.5 Å². The standard InChI is InChI=1S/C20H23F2N5S/c1-14-2-4-15(5-3-14)13-26-6-8-27(9-7-26)19-17(21)10-16(11-18(19)22)12-24-25-20(23)28/h2-5,10-12H,6-9,13H2,1H3,(H3,23,25,28). The number of hydrogen-bond acceptors (Lipinski definition) is 4. The van der Waals surface area contributed by atoms with Crippen LogP contribution >= 0.6 is 12.2 Å². The van der Waals surface area contributed by atoms with Gasteiger partial charge in [0.05, 0.1) is 6.21 Å². The summed E-state index contributed by atoms with van der Waals surface area (Å²) < 4.78 is 29.1. The van der Waals surface area contributed by atoms with Crippen molar-refractivity contribution in [1.82, 2.24) is 10.3 Å². The highest BCUT2D eigenvalue weighted by atomic mass is 32.1. The first-order valence-corrected chi connectivity index (χ1v) is 9.43. The molecule has 148 valence electrons. The molecule has 0 spiro atoms. The lowest BCUT2D eigenvalue weighted by atomic mass is 10.1. The molecule has 0 unspecified atom stereocenters. The van der Waals surface area contributed by atoms with Gasteiger partial charge < -0.3 is 10.6 Å². The van der Waals surface area contributed by atoms with Crippen LogP contribution in [-0.4, -0.2) is 42.4 Å². The van der Waals surface area contributed by atoms with E-state index in [-0.39, 0.29) is 10.8 Å². The molecular weight excluding hydrogens is 380 g/mol. The van der Waals surface area contributed by atoms with Gasteiger partial charge in [-0.2, -0.15) is 5.10 Å². The molecule has 2 aromatic rings. The maximum Gasteiger partial charge on any atom is 0.184 e. The van der Waals surface area contributed by atoms with E-state index in [0.29, 0.717) is 18.7 Å². The van der Waals surface area contributed by atoms with Crippen molar-refractivity contribution in [3.63, 3.8) is 0 Å². The number of anilines is 1. The van der Waals surface area contributed by atoms with Gasteiger partial charge in [0.2, 0.25) is 0 Å². The van der Waals surface area contributed by atoms with Crippen LogP contribution in [0.25, 0.3) is 0 Å².